The Morgan fingerprint density at radius 3 is 2.68 bits per heavy atom. The van der Waals surface area contributed by atoms with Gasteiger partial charge in [-0.05, 0) is 6.07 Å². The Balaban J connectivity index is 1.77. The Morgan fingerprint density at radius 1 is 1.18 bits per heavy atom. The summed E-state index contributed by atoms with van der Waals surface area (Å²) >= 11 is 12.9. The molecule has 0 saturated heterocycles. The molecule has 0 saturated carbocycles. The number of carbonyl (C=O) groups is 1. The molecule has 1 N–H and O–H groups in total. The molecule has 0 atom stereocenters. The van der Waals surface area contributed by atoms with Crippen molar-refractivity contribution in [2.24, 2.45) is 0 Å². The second-order valence-corrected chi connectivity index (χ2v) is 5.98. The van der Waals surface area contributed by atoms with E-state index in [0.29, 0.717) is 10.7 Å². The zero-order valence-corrected chi connectivity index (χ0v) is 13.4. The fraction of sp³-hybridized carbons (Fsp3) is 0. The van der Waals surface area contributed by atoms with Gasteiger partial charge in [0, 0.05) is 17.1 Å². The van der Waals surface area contributed by atoms with Crippen LogP contribution >= 0.6 is 34.5 Å². The van der Waals surface area contributed by atoms with E-state index in [9.17, 15) is 4.79 Å². The normalized spacial score (nSPS) is 10.5. The third-order valence-electron chi connectivity index (χ3n) is 2.85. The van der Waals surface area contributed by atoms with Crippen molar-refractivity contribution in [1.29, 1.82) is 0 Å². The van der Waals surface area contributed by atoms with Crippen molar-refractivity contribution in [2.45, 2.75) is 0 Å². The number of halogens is 2. The van der Waals surface area contributed by atoms with E-state index in [1.54, 1.807) is 0 Å². The van der Waals surface area contributed by atoms with Gasteiger partial charge in [-0.3, -0.25) is 10.1 Å². The van der Waals surface area contributed by atoms with Crippen LogP contribution in [-0.2, 0) is 0 Å². The molecule has 22 heavy (non-hydrogen) atoms. The van der Waals surface area contributed by atoms with E-state index in [1.165, 1.54) is 23.6 Å². The molecular formula is C15H9Cl2N3OS. The fourth-order valence-corrected chi connectivity index (χ4v) is 2.77. The monoisotopic (exact) mass is 349 g/mol. The summed E-state index contributed by atoms with van der Waals surface area (Å²) in [6, 6.07) is 11.2. The van der Waals surface area contributed by atoms with Crippen LogP contribution in [0.15, 0.2) is 48.0 Å². The first-order valence-electron chi connectivity index (χ1n) is 6.27. The molecule has 0 radical (unpaired) electrons. The van der Waals surface area contributed by atoms with E-state index in [0.717, 1.165) is 11.3 Å². The number of thiazole rings is 1. The summed E-state index contributed by atoms with van der Waals surface area (Å²) in [6.07, 6.45) is 1.37. The van der Waals surface area contributed by atoms with Crippen LogP contribution in [0.25, 0.3) is 11.3 Å². The highest BCUT2D eigenvalue weighted by atomic mass is 35.5. The molecule has 0 bridgehead atoms. The van der Waals surface area contributed by atoms with E-state index in [4.69, 9.17) is 23.2 Å². The topological polar surface area (TPSA) is 54.9 Å². The lowest BCUT2D eigenvalue weighted by molar-refractivity contribution is 0.102. The van der Waals surface area contributed by atoms with Crippen LogP contribution in [0.3, 0.4) is 0 Å². The first-order valence-corrected chi connectivity index (χ1v) is 7.90. The van der Waals surface area contributed by atoms with Crippen LogP contribution in [0.5, 0.6) is 0 Å². The van der Waals surface area contributed by atoms with Crippen molar-refractivity contribution < 1.29 is 4.79 Å². The molecule has 0 aliphatic rings. The van der Waals surface area contributed by atoms with Gasteiger partial charge in [0.15, 0.2) is 5.13 Å². The summed E-state index contributed by atoms with van der Waals surface area (Å²) in [5.74, 6) is -0.333. The second kappa shape index (κ2) is 6.44. The highest BCUT2D eigenvalue weighted by molar-refractivity contribution is 7.14. The standard InChI is InChI=1S/C15H9Cl2N3OS/c16-11-6-10(7-18-13(11)17)14(21)20-15-19-12(8-22-15)9-4-2-1-3-5-9/h1-8H,(H,19,20,21). The van der Waals surface area contributed by atoms with E-state index < -0.39 is 0 Å². The number of hydrogen-bond acceptors (Lipinski definition) is 4. The van der Waals surface area contributed by atoms with Crippen LogP contribution < -0.4 is 5.32 Å². The fourth-order valence-electron chi connectivity index (χ4n) is 1.79. The molecule has 1 aromatic carbocycles. The van der Waals surface area contributed by atoms with Gasteiger partial charge in [-0.15, -0.1) is 11.3 Å². The number of carbonyl (C=O) groups excluding carboxylic acids is 1. The van der Waals surface area contributed by atoms with E-state index >= 15 is 0 Å². The maximum atomic E-state index is 12.1. The smallest absolute Gasteiger partial charge is 0.259 e. The number of amides is 1. The number of rotatable bonds is 3. The van der Waals surface area contributed by atoms with Crippen LogP contribution in [0, 0.1) is 0 Å². The average Bonchev–Trinajstić information content (AvgIpc) is 2.99. The van der Waals surface area contributed by atoms with Crippen LogP contribution in [0.4, 0.5) is 5.13 Å². The van der Waals surface area contributed by atoms with Gasteiger partial charge < -0.3 is 0 Å². The summed E-state index contributed by atoms with van der Waals surface area (Å²) in [7, 11) is 0. The second-order valence-electron chi connectivity index (χ2n) is 4.35. The highest BCUT2D eigenvalue weighted by Gasteiger charge is 2.12. The Labute approximate surface area is 140 Å². The molecule has 0 aliphatic heterocycles. The van der Waals surface area contributed by atoms with Crippen LogP contribution in [0.2, 0.25) is 10.2 Å². The molecule has 0 unspecified atom stereocenters. The highest BCUT2D eigenvalue weighted by Crippen LogP contribution is 2.25. The first-order chi connectivity index (χ1) is 10.6. The van der Waals surface area contributed by atoms with Gasteiger partial charge in [0.05, 0.1) is 16.3 Å². The lowest BCUT2D eigenvalue weighted by Crippen LogP contribution is -2.12. The lowest BCUT2D eigenvalue weighted by atomic mass is 10.2. The number of anilines is 1. The van der Waals surface area contributed by atoms with Crippen LogP contribution in [0.1, 0.15) is 10.4 Å². The molecule has 4 nitrogen and oxygen atoms in total. The van der Waals surface area contributed by atoms with Gasteiger partial charge in [-0.25, -0.2) is 9.97 Å². The minimum atomic E-state index is -0.333. The lowest BCUT2D eigenvalue weighted by Gasteiger charge is -2.02. The average molecular weight is 350 g/mol. The van der Waals surface area contributed by atoms with Gasteiger partial charge in [0.2, 0.25) is 0 Å². The molecule has 1 amide bonds. The summed E-state index contributed by atoms with van der Waals surface area (Å²) in [5.41, 5.74) is 2.13. The van der Waals surface area contributed by atoms with Gasteiger partial charge in [0.25, 0.3) is 5.91 Å². The Morgan fingerprint density at radius 2 is 1.95 bits per heavy atom. The number of pyridine rings is 1. The molecule has 3 aromatic rings. The maximum Gasteiger partial charge on any atom is 0.259 e. The first kappa shape index (κ1) is 15.0. The van der Waals surface area contributed by atoms with Crippen molar-refractivity contribution in [1.82, 2.24) is 9.97 Å². The molecule has 2 heterocycles. The molecular weight excluding hydrogens is 341 g/mol. The quantitative estimate of drug-likeness (QED) is 0.693. The number of aromatic nitrogens is 2. The Kier molecular flexibility index (Phi) is 4.38. The van der Waals surface area contributed by atoms with Crippen molar-refractivity contribution in [3.63, 3.8) is 0 Å². The van der Waals surface area contributed by atoms with Crippen molar-refractivity contribution in [3.05, 3.63) is 63.7 Å². The van der Waals surface area contributed by atoms with E-state index in [-0.39, 0.29) is 16.1 Å². The molecule has 3 rings (SSSR count). The maximum absolute atomic E-state index is 12.1. The van der Waals surface area contributed by atoms with Gasteiger partial charge in [-0.2, -0.15) is 0 Å². The summed E-state index contributed by atoms with van der Waals surface area (Å²) in [4.78, 5) is 20.4. The molecule has 0 aliphatic carbocycles. The third kappa shape index (κ3) is 3.27. The number of nitrogens with zero attached hydrogens (tertiary/aromatic N) is 2. The zero-order valence-electron chi connectivity index (χ0n) is 11.1. The minimum Gasteiger partial charge on any atom is -0.298 e. The molecule has 0 spiro atoms. The van der Waals surface area contributed by atoms with Crippen molar-refractivity contribution in [3.8, 4) is 11.3 Å². The van der Waals surface area contributed by atoms with Gasteiger partial charge in [-0.1, -0.05) is 53.5 Å². The predicted octanol–water partition coefficient (Wildman–Crippen LogP) is 4.76. The van der Waals surface area contributed by atoms with Crippen molar-refractivity contribution >= 4 is 45.6 Å². The Hall–Kier alpha value is -1.95. The van der Waals surface area contributed by atoms with E-state index in [2.05, 4.69) is 15.3 Å². The zero-order chi connectivity index (χ0) is 15.5. The summed E-state index contributed by atoms with van der Waals surface area (Å²) in [6.45, 7) is 0. The van der Waals surface area contributed by atoms with Crippen LogP contribution in [-0.4, -0.2) is 15.9 Å². The van der Waals surface area contributed by atoms with Crippen molar-refractivity contribution in [2.75, 3.05) is 5.32 Å². The summed E-state index contributed by atoms with van der Waals surface area (Å²) < 4.78 is 0. The largest absolute Gasteiger partial charge is 0.298 e. The molecule has 7 heteroatoms. The van der Waals surface area contributed by atoms with E-state index in [1.807, 2.05) is 35.7 Å². The minimum absolute atomic E-state index is 0.166. The molecule has 0 fully saturated rings. The van der Waals surface area contributed by atoms with Gasteiger partial charge in [0.1, 0.15) is 5.15 Å². The van der Waals surface area contributed by atoms with Gasteiger partial charge >= 0.3 is 0 Å². The SMILES string of the molecule is O=C(Nc1nc(-c2ccccc2)cs1)c1cnc(Cl)c(Cl)c1. The number of nitrogens with one attached hydrogen (secondary N) is 1. The molecule has 2 aromatic heterocycles. The third-order valence-corrected chi connectivity index (χ3v) is 4.30. The number of hydrogen-bond donors (Lipinski definition) is 1. The summed E-state index contributed by atoms with van der Waals surface area (Å²) in [5, 5.41) is 5.52. The Bertz CT molecular complexity index is 821. The predicted molar refractivity (Wildman–Crippen MR) is 89.8 cm³/mol. The number of benzene rings is 1. The molecule has 110 valence electrons.